The summed E-state index contributed by atoms with van der Waals surface area (Å²) in [7, 11) is 1.93. The number of hydrogen-bond donors (Lipinski definition) is 1. The summed E-state index contributed by atoms with van der Waals surface area (Å²) in [6, 6.07) is 0.431. The van der Waals surface area contributed by atoms with E-state index in [9.17, 15) is 4.79 Å². The number of carbonyl (C=O) groups is 1. The zero-order valence-corrected chi connectivity index (χ0v) is 9.83. The largest absolute Gasteiger partial charge is 0.342 e. The van der Waals surface area contributed by atoms with E-state index < -0.39 is 0 Å². The molecule has 1 atom stereocenters. The topological polar surface area (TPSA) is 32.3 Å². The second kappa shape index (κ2) is 4.52. The molecule has 2 rings (SSSR count). The third-order valence-corrected chi connectivity index (χ3v) is 3.71. The average Bonchev–Trinajstić information content (AvgIpc) is 3.05. The van der Waals surface area contributed by atoms with Crippen molar-refractivity contribution < 1.29 is 4.79 Å². The van der Waals surface area contributed by atoms with Gasteiger partial charge in [-0.15, -0.1) is 0 Å². The van der Waals surface area contributed by atoms with Crippen LogP contribution < -0.4 is 5.32 Å². The molecule has 2 aliphatic rings. The summed E-state index contributed by atoms with van der Waals surface area (Å²) >= 11 is 0. The van der Waals surface area contributed by atoms with Gasteiger partial charge >= 0.3 is 0 Å². The first-order chi connectivity index (χ1) is 7.18. The molecular weight excluding hydrogens is 188 g/mol. The van der Waals surface area contributed by atoms with Crippen molar-refractivity contribution >= 4 is 5.91 Å². The Bertz CT molecular complexity index is 234. The molecule has 1 amide bonds. The minimum absolute atomic E-state index is 0.245. The highest BCUT2D eigenvalue weighted by Gasteiger charge is 2.32. The number of carbonyl (C=O) groups excluding carboxylic acids is 1. The summed E-state index contributed by atoms with van der Waals surface area (Å²) in [6.07, 6.45) is 5.29. The average molecular weight is 210 g/mol. The van der Waals surface area contributed by atoms with E-state index in [1.165, 1.54) is 25.7 Å². The first kappa shape index (κ1) is 10.9. The predicted octanol–water partition coefficient (Wildman–Crippen LogP) is 1.24. The Hall–Kier alpha value is -0.570. The summed E-state index contributed by atoms with van der Waals surface area (Å²) in [4.78, 5) is 13.7. The van der Waals surface area contributed by atoms with E-state index in [4.69, 9.17) is 0 Å². The van der Waals surface area contributed by atoms with Crippen molar-refractivity contribution in [3.63, 3.8) is 0 Å². The lowest BCUT2D eigenvalue weighted by Gasteiger charge is -2.25. The molecule has 0 spiro atoms. The van der Waals surface area contributed by atoms with Crippen molar-refractivity contribution in [2.24, 2.45) is 11.8 Å². The number of hydrogen-bond acceptors (Lipinski definition) is 2. The smallest absolute Gasteiger partial charge is 0.236 e. The number of rotatable bonds is 6. The number of nitrogens with zero attached hydrogens (tertiary/aromatic N) is 1. The van der Waals surface area contributed by atoms with Crippen molar-refractivity contribution in [1.29, 1.82) is 0 Å². The van der Waals surface area contributed by atoms with Crippen LogP contribution in [0, 0.1) is 11.8 Å². The minimum atomic E-state index is 0.245. The van der Waals surface area contributed by atoms with Gasteiger partial charge in [0, 0.05) is 13.1 Å². The van der Waals surface area contributed by atoms with Gasteiger partial charge in [0.05, 0.1) is 6.54 Å². The highest BCUT2D eigenvalue weighted by atomic mass is 16.2. The fraction of sp³-hybridized carbons (Fsp3) is 0.917. The van der Waals surface area contributed by atoms with Crippen LogP contribution in [0.2, 0.25) is 0 Å². The quantitative estimate of drug-likeness (QED) is 0.715. The lowest BCUT2D eigenvalue weighted by molar-refractivity contribution is -0.131. The van der Waals surface area contributed by atoms with E-state index in [2.05, 4.69) is 12.2 Å². The monoisotopic (exact) mass is 210 g/mol. The Morgan fingerprint density at radius 3 is 2.60 bits per heavy atom. The van der Waals surface area contributed by atoms with E-state index in [0.717, 1.165) is 18.4 Å². The Labute approximate surface area is 92.2 Å². The van der Waals surface area contributed by atoms with Gasteiger partial charge in [-0.1, -0.05) is 0 Å². The SMILES string of the molecule is CC(C1CC1)N(C)C(=O)CNCC1CC1. The second-order valence-electron chi connectivity index (χ2n) is 5.16. The van der Waals surface area contributed by atoms with Crippen LogP contribution in [0.15, 0.2) is 0 Å². The fourth-order valence-corrected chi connectivity index (χ4v) is 1.95. The van der Waals surface area contributed by atoms with Gasteiger partial charge in [-0.3, -0.25) is 4.79 Å². The lowest BCUT2D eigenvalue weighted by atomic mass is 10.2. The zero-order valence-electron chi connectivity index (χ0n) is 9.83. The van der Waals surface area contributed by atoms with Crippen molar-refractivity contribution in [1.82, 2.24) is 10.2 Å². The molecule has 0 bridgehead atoms. The van der Waals surface area contributed by atoms with Crippen LogP contribution in [-0.4, -0.2) is 37.0 Å². The molecule has 0 aromatic rings. The van der Waals surface area contributed by atoms with E-state index in [-0.39, 0.29) is 5.91 Å². The lowest BCUT2D eigenvalue weighted by Crippen LogP contribution is -2.42. The molecule has 2 aliphatic carbocycles. The summed E-state index contributed by atoms with van der Waals surface area (Å²) in [5.41, 5.74) is 0. The second-order valence-corrected chi connectivity index (χ2v) is 5.16. The van der Waals surface area contributed by atoms with Crippen molar-refractivity contribution in [2.45, 2.75) is 38.6 Å². The Kier molecular flexibility index (Phi) is 3.29. The molecule has 2 saturated carbocycles. The van der Waals surface area contributed by atoms with Crippen LogP contribution in [0.25, 0.3) is 0 Å². The first-order valence-electron chi connectivity index (χ1n) is 6.15. The Morgan fingerprint density at radius 2 is 2.07 bits per heavy atom. The van der Waals surface area contributed by atoms with Gasteiger partial charge in [-0.05, 0) is 51.0 Å². The van der Waals surface area contributed by atoms with Gasteiger partial charge < -0.3 is 10.2 Å². The van der Waals surface area contributed by atoms with E-state index in [0.29, 0.717) is 12.6 Å². The van der Waals surface area contributed by atoms with Crippen LogP contribution in [0.5, 0.6) is 0 Å². The molecule has 1 unspecified atom stereocenters. The summed E-state index contributed by atoms with van der Waals surface area (Å²) in [5.74, 6) is 1.86. The van der Waals surface area contributed by atoms with Gasteiger partial charge in [0.25, 0.3) is 0 Å². The predicted molar refractivity (Wildman–Crippen MR) is 60.5 cm³/mol. The summed E-state index contributed by atoms with van der Waals surface area (Å²) < 4.78 is 0. The molecule has 1 N–H and O–H groups in total. The number of amides is 1. The third kappa shape index (κ3) is 3.20. The highest BCUT2D eigenvalue weighted by molar-refractivity contribution is 5.78. The van der Waals surface area contributed by atoms with Gasteiger partial charge in [-0.25, -0.2) is 0 Å². The number of likely N-dealkylation sites (N-methyl/N-ethyl adjacent to an activating group) is 1. The molecule has 0 heterocycles. The van der Waals surface area contributed by atoms with Crippen LogP contribution in [-0.2, 0) is 4.79 Å². The van der Waals surface area contributed by atoms with E-state index >= 15 is 0 Å². The van der Waals surface area contributed by atoms with Crippen molar-refractivity contribution in [2.75, 3.05) is 20.1 Å². The van der Waals surface area contributed by atoms with Crippen molar-refractivity contribution in [3.05, 3.63) is 0 Å². The van der Waals surface area contributed by atoms with Crippen LogP contribution >= 0.6 is 0 Å². The molecule has 15 heavy (non-hydrogen) atoms. The summed E-state index contributed by atoms with van der Waals surface area (Å²) in [5, 5.41) is 3.25. The molecule has 0 aromatic carbocycles. The fourth-order valence-electron chi connectivity index (χ4n) is 1.95. The molecule has 0 saturated heterocycles. The summed E-state index contributed by atoms with van der Waals surface area (Å²) in [6.45, 7) is 3.71. The maximum atomic E-state index is 11.8. The molecule has 0 radical (unpaired) electrons. The normalized spacial score (nSPS) is 22.5. The molecule has 2 fully saturated rings. The molecular formula is C12H22N2O. The van der Waals surface area contributed by atoms with E-state index in [1.54, 1.807) is 0 Å². The van der Waals surface area contributed by atoms with Crippen molar-refractivity contribution in [3.8, 4) is 0 Å². The van der Waals surface area contributed by atoms with Crippen LogP contribution in [0.1, 0.15) is 32.6 Å². The standard InChI is InChI=1S/C12H22N2O/c1-9(11-5-6-11)14(2)12(15)8-13-7-10-3-4-10/h9-11,13H,3-8H2,1-2H3. The minimum Gasteiger partial charge on any atom is -0.342 e. The Morgan fingerprint density at radius 1 is 1.40 bits per heavy atom. The maximum Gasteiger partial charge on any atom is 0.236 e. The number of nitrogens with one attached hydrogen (secondary N) is 1. The Balaban J connectivity index is 1.63. The van der Waals surface area contributed by atoms with Crippen LogP contribution in [0.3, 0.4) is 0 Å². The molecule has 0 aliphatic heterocycles. The molecule has 3 heteroatoms. The highest BCUT2D eigenvalue weighted by Crippen LogP contribution is 2.34. The van der Waals surface area contributed by atoms with Crippen LogP contribution in [0.4, 0.5) is 0 Å². The first-order valence-corrected chi connectivity index (χ1v) is 6.15. The van der Waals surface area contributed by atoms with Gasteiger partial charge in [0.15, 0.2) is 0 Å². The maximum absolute atomic E-state index is 11.8. The van der Waals surface area contributed by atoms with E-state index in [1.807, 2.05) is 11.9 Å². The molecule has 86 valence electrons. The third-order valence-electron chi connectivity index (χ3n) is 3.71. The molecule has 3 nitrogen and oxygen atoms in total. The van der Waals surface area contributed by atoms with Gasteiger partial charge in [-0.2, -0.15) is 0 Å². The van der Waals surface area contributed by atoms with Gasteiger partial charge in [0.2, 0.25) is 5.91 Å². The van der Waals surface area contributed by atoms with Gasteiger partial charge in [0.1, 0.15) is 0 Å². The zero-order chi connectivity index (χ0) is 10.8. The molecule has 0 aromatic heterocycles.